The first-order valence-electron chi connectivity index (χ1n) is 9.73. The molecule has 1 heterocycles. The Morgan fingerprint density at radius 2 is 1.96 bits per heavy atom. The number of ketones is 1. The summed E-state index contributed by atoms with van der Waals surface area (Å²) in [7, 11) is 0. The van der Waals surface area contributed by atoms with Gasteiger partial charge in [-0.2, -0.15) is 0 Å². The molecule has 5 heteroatoms. The van der Waals surface area contributed by atoms with Crippen molar-refractivity contribution in [3.8, 4) is 0 Å². The molecule has 2 aliphatic rings. The summed E-state index contributed by atoms with van der Waals surface area (Å²) in [6.07, 6.45) is 5.95. The van der Waals surface area contributed by atoms with Crippen LogP contribution in [0, 0.1) is 5.92 Å². The number of amides is 1. The molecule has 1 N–H and O–H groups in total. The van der Waals surface area contributed by atoms with Crippen molar-refractivity contribution in [1.29, 1.82) is 0 Å². The summed E-state index contributed by atoms with van der Waals surface area (Å²) < 4.78 is 11.3. The Balaban J connectivity index is 1.62. The van der Waals surface area contributed by atoms with Crippen molar-refractivity contribution in [2.24, 2.45) is 5.92 Å². The third-order valence-corrected chi connectivity index (χ3v) is 5.46. The van der Waals surface area contributed by atoms with Crippen LogP contribution in [0.5, 0.6) is 0 Å². The minimum absolute atomic E-state index is 0.0645. The van der Waals surface area contributed by atoms with E-state index in [-0.39, 0.29) is 24.4 Å². The van der Waals surface area contributed by atoms with Gasteiger partial charge in [-0.1, -0.05) is 62.4 Å². The van der Waals surface area contributed by atoms with Crippen LogP contribution in [0.4, 0.5) is 0 Å². The number of carbonyl (C=O) groups excluding carboxylic acids is 2. The van der Waals surface area contributed by atoms with E-state index < -0.39 is 12.1 Å². The van der Waals surface area contributed by atoms with Gasteiger partial charge in [0.1, 0.15) is 18.8 Å². The zero-order valence-corrected chi connectivity index (χ0v) is 15.5. The van der Waals surface area contributed by atoms with Crippen LogP contribution >= 0.6 is 0 Å². The summed E-state index contributed by atoms with van der Waals surface area (Å²) in [6.45, 7) is 2.29. The Kier molecular flexibility index (Phi) is 6.80. The van der Waals surface area contributed by atoms with E-state index in [0.29, 0.717) is 12.5 Å². The average Bonchev–Trinajstić information content (AvgIpc) is 2.98. The van der Waals surface area contributed by atoms with E-state index in [9.17, 15) is 9.59 Å². The largest absolute Gasteiger partial charge is 0.368 e. The number of hydrogen-bond acceptors (Lipinski definition) is 4. The molecule has 2 fully saturated rings. The van der Waals surface area contributed by atoms with E-state index in [2.05, 4.69) is 5.32 Å². The molecular weight excluding hydrogens is 330 g/mol. The van der Waals surface area contributed by atoms with Gasteiger partial charge in [0.15, 0.2) is 5.78 Å². The third-order valence-electron chi connectivity index (χ3n) is 5.46. The Morgan fingerprint density at radius 1 is 1.23 bits per heavy atom. The maximum absolute atomic E-state index is 12.8. The number of nitrogens with one attached hydrogen (secondary N) is 1. The van der Waals surface area contributed by atoms with E-state index in [1.165, 1.54) is 19.3 Å². The molecule has 3 rings (SSSR count). The fraction of sp³-hybridized carbons (Fsp3) is 0.619. The highest BCUT2D eigenvalue weighted by Crippen LogP contribution is 2.28. The van der Waals surface area contributed by atoms with Crippen molar-refractivity contribution in [1.82, 2.24) is 5.32 Å². The molecule has 0 spiro atoms. The molecule has 1 aromatic carbocycles. The highest BCUT2D eigenvalue weighted by molar-refractivity contribution is 5.92. The SMILES string of the molecule is C[C@@H]1OCC(=O)[C@H]1NC(=O)C(CC1CCCCC1)OCc1ccccc1. The van der Waals surface area contributed by atoms with Gasteiger partial charge in [-0.15, -0.1) is 0 Å². The second kappa shape index (κ2) is 9.28. The van der Waals surface area contributed by atoms with Crippen molar-refractivity contribution in [2.45, 2.75) is 70.3 Å². The summed E-state index contributed by atoms with van der Waals surface area (Å²) in [5, 5.41) is 2.87. The van der Waals surface area contributed by atoms with Gasteiger partial charge < -0.3 is 14.8 Å². The predicted molar refractivity (Wildman–Crippen MR) is 98.6 cm³/mol. The van der Waals surface area contributed by atoms with Gasteiger partial charge >= 0.3 is 0 Å². The molecule has 5 nitrogen and oxygen atoms in total. The molecule has 1 unspecified atom stereocenters. The van der Waals surface area contributed by atoms with Crippen LogP contribution < -0.4 is 5.32 Å². The lowest BCUT2D eigenvalue weighted by Crippen LogP contribution is -2.48. The molecule has 1 aliphatic heterocycles. The van der Waals surface area contributed by atoms with Crippen molar-refractivity contribution in [3.63, 3.8) is 0 Å². The Morgan fingerprint density at radius 3 is 2.62 bits per heavy atom. The Bertz CT molecular complexity index is 597. The topological polar surface area (TPSA) is 64.6 Å². The number of carbonyl (C=O) groups is 2. The minimum atomic E-state index is -0.559. The zero-order chi connectivity index (χ0) is 18.4. The second-order valence-corrected chi connectivity index (χ2v) is 7.49. The average molecular weight is 359 g/mol. The molecule has 1 aliphatic carbocycles. The molecule has 142 valence electrons. The van der Waals surface area contributed by atoms with Crippen LogP contribution in [0.15, 0.2) is 30.3 Å². The maximum atomic E-state index is 12.8. The monoisotopic (exact) mass is 359 g/mol. The van der Waals surface area contributed by atoms with Crippen molar-refractivity contribution >= 4 is 11.7 Å². The molecule has 0 bridgehead atoms. The summed E-state index contributed by atoms with van der Waals surface area (Å²) in [5.74, 6) is 0.260. The minimum Gasteiger partial charge on any atom is -0.368 e. The number of Topliss-reactive ketones (excluding diaryl/α,β-unsaturated/α-hetero) is 1. The number of rotatable bonds is 7. The summed E-state index contributed by atoms with van der Waals surface area (Å²) in [4.78, 5) is 24.8. The lowest BCUT2D eigenvalue weighted by molar-refractivity contribution is -0.137. The molecule has 1 aromatic rings. The molecule has 26 heavy (non-hydrogen) atoms. The summed E-state index contributed by atoms with van der Waals surface area (Å²) in [6, 6.07) is 9.31. The van der Waals surface area contributed by atoms with Gasteiger partial charge in [-0.05, 0) is 24.8 Å². The van der Waals surface area contributed by atoms with Crippen LogP contribution in [0.3, 0.4) is 0 Å². The Labute approximate surface area is 155 Å². The summed E-state index contributed by atoms with van der Waals surface area (Å²) in [5.41, 5.74) is 1.04. The number of ether oxygens (including phenoxy) is 2. The van der Waals surface area contributed by atoms with Crippen molar-refractivity contribution < 1.29 is 19.1 Å². The molecule has 3 atom stereocenters. The number of hydrogen-bond donors (Lipinski definition) is 1. The third kappa shape index (κ3) is 5.15. The first-order valence-corrected chi connectivity index (χ1v) is 9.73. The fourth-order valence-electron chi connectivity index (χ4n) is 3.85. The lowest BCUT2D eigenvalue weighted by Gasteiger charge is -2.27. The van der Waals surface area contributed by atoms with Crippen LogP contribution in [0.1, 0.15) is 51.0 Å². The van der Waals surface area contributed by atoms with Crippen molar-refractivity contribution in [3.05, 3.63) is 35.9 Å². The first-order chi connectivity index (χ1) is 12.6. The van der Waals surface area contributed by atoms with Crippen LogP contribution in [-0.2, 0) is 25.7 Å². The lowest BCUT2D eigenvalue weighted by atomic mass is 9.85. The maximum Gasteiger partial charge on any atom is 0.249 e. The molecule has 1 saturated carbocycles. The van der Waals surface area contributed by atoms with Gasteiger partial charge in [0.05, 0.1) is 12.7 Å². The molecule has 0 radical (unpaired) electrons. The molecular formula is C21H29NO4. The van der Waals surface area contributed by atoms with E-state index in [4.69, 9.17) is 9.47 Å². The fourth-order valence-corrected chi connectivity index (χ4v) is 3.85. The number of benzene rings is 1. The quantitative estimate of drug-likeness (QED) is 0.813. The molecule has 1 amide bonds. The standard InChI is InChI=1S/C21H29NO4/c1-15-20(18(23)14-25-15)22-21(24)19(12-16-8-4-2-5-9-16)26-13-17-10-6-3-7-11-17/h3,6-7,10-11,15-16,19-20H,2,4-5,8-9,12-14H2,1H3,(H,22,24)/t15-,19?,20-/m0/s1. The summed E-state index contributed by atoms with van der Waals surface area (Å²) >= 11 is 0. The van der Waals surface area contributed by atoms with Crippen LogP contribution in [0.2, 0.25) is 0 Å². The van der Waals surface area contributed by atoms with Gasteiger partial charge in [0.25, 0.3) is 0 Å². The van der Waals surface area contributed by atoms with Gasteiger partial charge in [-0.25, -0.2) is 0 Å². The van der Waals surface area contributed by atoms with Gasteiger partial charge in [0, 0.05) is 0 Å². The van der Waals surface area contributed by atoms with Crippen LogP contribution in [0.25, 0.3) is 0 Å². The first kappa shape index (κ1) is 19.1. The smallest absolute Gasteiger partial charge is 0.249 e. The van der Waals surface area contributed by atoms with Gasteiger partial charge in [-0.3, -0.25) is 9.59 Å². The van der Waals surface area contributed by atoms with E-state index >= 15 is 0 Å². The molecule has 0 aromatic heterocycles. The van der Waals surface area contributed by atoms with E-state index in [0.717, 1.165) is 24.8 Å². The Hall–Kier alpha value is -1.72. The highest BCUT2D eigenvalue weighted by atomic mass is 16.5. The predicted octanol–water partition coefficient (Wildman–Crippen LogP) is 3.01. The van der Waals surface area contributed by atoms with Crippen LogP contribution in [-0.4, -0.2) is 36.5 Å². The molecule has 1 saturated heterocycles. The zero-order valence-electron chi connectivity index (χ0n) is 15.5. The van der Waals surface area contributed by atoms with Crippen molar-refractivity contribution in [2.75, 3.05) is 6.61 Å². The van der Waals surface area contributed by atoms with Gasteiger partial charge in [0.2, 0.25) is 5.91 Å². The van der Waals surface area contributed by atoms with E-state index in [1.807, 2.05) is 37.3 Å². The second-order valence-electron chi connectivity index (χ2n) is 7.49. The highest BCUT2D eigenvalue weighted by Gasteiger charge is 2.36. The van der Waals surface area contributed by atoms with E-state index in [1.54, 1.807) is 0 Å². The normalized spacial score (nSPS) is 25.2.